The highest BCUT2D eigenvalue weighted by molar-refractivity contribution is 7.09. The van der Waals surface area contributed by atoms with Gasteiger partial charge in [-0.1, -0.05) is 6.07 Å². The molecule has 1 N–H and O–H groups in total. The number of hydrogen-bond donors (Lipinski definition) is 1. The summed E-state index contributed by atoms with van der Waals surface area (Å²) in [4.78, 5) is 11.4. The number of piperazine rings is 1. The Morgan fingerprint density at radius 3 is 2.63 bits per heavy atom. The monoisotopic (exact) mass is 434 g/mol. The number of nitrogens with zero attached hydrogens (tertiary/aromatic N) is 4. The number of aromatic nitrogens is 1. The molecule has 0 bridgehead atoms. The number of ether oxygens (including phenoxy) is 2. The second kappa shape index (κ2) is 11.1. The van der Waals surface area contributed by atoms with Gasteiger partial charge in [0.2, 0.25) is 0 Å². The highest BCUT2D eigenvalue weighted by Gasteiger charge is 2.18. The van der Waals surface area contributed by atoms with Crippen molar-refractivity contribution < 1.29 is 14.6 Å². The van der Waals surface area contributed by atoms with Crippen molar-refractivity contribution in [3.05, 3.63) is 39.8 Å². The minimum Gasteiger partial charge on any atom is -0.493 e. The third-order valence-corrected chi connectivity index (χ3v) is 6.10. The maximum Gasteiger partial charge on any atom is 0.161 e. The van der Waals surface area contributed by atoms with Crippen LogP contribution in [0.15, 0.2) is 23.6 Å². The summed E-state index contributed by atoms with van der Waals surface area (Å²) in [5, 5.41) is 13.6. The molecule has 0 radical (unpaired) electrons. The van der Waals surface area contributed by atoms with E-state index in [1.54, 1.807) is 18.4 Å². The number of aliphatic hydroxyl groups is 1. The quantitative estimate of drug-likeness (QED) is 0.614. The number of methoxy groups -OCH3 is 1. The normalized spacial score (nSPS) is 16.7. The predicted octanol–water partition coefficient (Wildman–Crippen LogP) is 2.08. The van der Waals surface area contributed by atoms with Crippen LogP contribution in [0.25, 0.3) is 0 Å². The van der Waals surface area contributed by atoms with Crippen molar-refractivity contribution in [2.75, 3.05) is 60.5 Å². The molecule has 1 saturated heterocycles. The van der Waals surface area contributed by atoms with Gasteiger partial charge in [0.1, 0.15) is 12.7 Å². The van der Waals surface area contributed by atoms with E-state index >= 15 is 0 Å². The molecule has 0 aliphatic carbocycles. The standard InChI is InChI=1S/C22H34N4O3S/c1-17-23-19(16-30-17)13-25(3)12-18-5-6-21(28-4)22(11-18)29-15-20(27)14-26-9-7-24(2)8-10-26/h5-6,11,16,20,27H,7-10,12-15H2,1-4H3. The lowest BCUT2D eigenvalue weighted by atomic mass is 10.2. The van der Waals surface area contributed by atoms with E-state index in [0.29, 0.717) is 18.0 Å². The first-order valence-corrected chi connectivity index (χ1v) is 11.3. The van der Waals surface area contributed by atoms with Crippen LogP contribution < -0.4 is 9.47 Å². The zero-order valence-corrected chi connectivity index (χ0v) is 19.3. The highest BCUT2D eigenvalue weighted by Crippen LogP contribution is 2.29. The molecular formula is C22H34N4O3S. The zero-order chi connectivity index (χ0) is 21.5. The molecule has 1 unspecified atom stereocenters. The minimum absolute atomic E-state index is 0.250. The molecule has 8 heteroatoms. The Labute approximate surface area is 183 Å². The number of hydrogen-bond acceptors (Lipinski definition) is 8. The smallest absolute Gasteiger partial charge is 0.161 e. The molecule has 1 aliphatic rings. The maximum absolute atomic E-state index is 10.4. The molecule has 1 fully saturated rings. The average Bonchev–Trinajstić information content (AvgIpc) is 3.12. The number of rotatable bonds is 10. The average molecular weight is 435 g/mol. The van der Waals surface area contributed by atoms with E-state index < -0.39 is 6.10 Å². The Morgan fingerprint density at radius 2 is 1.97 bits per heavy atom. The number of likely N-dealkylation sites (N-methyl/N-ethyl adjacent to an activating group) is 1. The van der Waals surface area contributed by atoms with Gasteiger partial charge in [-0.25, -0.2) is 4.98 Å². The summed E-state index contributed by atoms with van der Waals surface area (Å²) in [5.74, 6) is 1.36. The number of aryl methyl sites for hydroxylation is 1. The van der Waals surface area contributed by atoms with E-state index in [1.807, 2.05) is 19.1 Å². The van der Waals surface area contributed by atoms with Gasteiger partial charge in [0.05, 0.1) is 17.8 Å². The van der Waals surface area contributed by atoms with Crippen molar-refractivity contribution in [2.24, 2.45) is 0 Å². The molecular weight excluding hydrogens is 400 g/mol. The summed E-state index contributed by atoms with van der Waals surface area (Å²) in [6, 6.07) is 5.98. The van der Waals surface area contributed by atoms with Crippen molar-refractivity contribution in [3.8, 4) is 11.5 Å². The van der Waals surface area contributed by atoms with Gasteiger partial charge in [-0.2, -0.15) is 0 Å². The molecule has 1 aromatic carbocycles. The van der Waals surface area contributed by atoms with Crippen LogP contribution in [0.2, 0.25) is 0 Å². The van der Waals surface area contributed by atoms with Crippen LogP contribution in [-0.2, 0) is 13.1 Å². The van der Waals surface area contributed by atoms with Gasteiger partial charge in [-0.05, 0) is 38.7 Å². The molecule has 2 aromatic rings. The Morgan fingerprint density at radius 1 is 1.20 bits per heavy atom. The molecule has 0 spiro atoms. The summed E-state index contributed by atoms with van der Waals surface area (Å²) in [7, 11) is 5.85. The first kappa shape index (κ1) is 23.0. The second-order valence-corrected chi connectivity index (χ2v) is 9.15. The molecule has 7 nitrogen and oxygen atoms in total. The summed E-state index contributed by atoms with van der Waals surface area (Å²) in [5.41, 5.74) is 2.23. The van der Waals surface area contributed by atoms with Crippen LogP contribution in [0.5, 0.6) is 11.5 Å². The van der Waals surface area contributed by atoms with Crippen molar-refractivity contribution in [1.82, 2.24) is 19.7 Å². The molecule has 0 amide bonds. The molecule has 0 saturated carbocycles. The number of benzene rings is 1. The van der Waals surface area contributed by atoms with Crippen LogP contribution in [0.1, 0.15) is 16.3 Å². The van der Waals surface area contributed by atoms with E-state index in [0.717, 1.165) is 55.5 Å². The lowest BCUT2D eigenvalue weighted by Crippen LogP contribution is -2.47. The van der Waals surface area contributed by atoms with E-state index in [9.17, 15) is 5.11 Å². The molecule has 3 rings (SSSR count). The Balaban J connectivity index is 1.53. The fraction of sp³-hybridized carbons (Fsp3) is 0.591. The molecule has 2 heterocycles. The Hall–Kier alpha value is -1.71. The van der Waals surface area contributed by atoms with Gasteiger partial charge < -0.3 is 19.5 Å². The van der Waals surface area contributed by atoms with Crippen LogP contribution >= 0.6 is 11.3 Å². The lowest BCUT2D eigenvalue weighted by Gasteiger charge is -2.33. The van der Waals surface area contributed by atoms with Crippen LogP contribution in [0.3, 0.4) is 0 Å². The third kappa shape index (κ3) is 6.92. The van der Waals surface area contributed by atoms with Crippen LogP contribution in [0, 0.1) is 6.92 Å². The second-order valence-electron chi connectivity index (χ2n) is 8.08. The van der Waals surface area contributed by atoms with E-state index in [1.165, 1.54) is 0 Å². The molecule has 1 atom stereocenters. The fourth-order valence-corrected chi connectivity index (χ4v) is 4.23. The predicted molar refractivity (Wildman–Crippen MR) is 120 cm³/mol. The topological polar surface area (TPSA) is 61.3 Å². The van der Waals surface area contributed by atoms with E-state index in [-0.39, 0.29) is 6.61 Å². The van der Waals surface area contributed by atoms with Crippen molar-refractivity contribution in [1.29, 1.82) is 0 Å². The van der Waals surface area contributed by atoms with Gasteiger partial charge in [-0.3, -0.25) is 9.80 Å². The zero-order valence-electron chi connectivity index (χ0n) is 18.5. The fourth-order valence-electron chi connectivity index (χ4n) is 3.62. The number of aliphatic hydroxyl groups excluding tert-OH is 1. The first-order valence-electron chi connectivity index (χ1n) is 10.4. The maximum atomic E-state index is 10.4. The summed E-state index contributed by atoms with van der Waals surface area (Å²) >= 11 is 1.68. The molecule has 166 valence electrons. The van der Waals surface area contributed by atoms with Crippen LogP contribution in [-0.4, -0.2) is 91.4 Å². The summed E-state index contributed by atoms with van der Waals surface area (Å²) in [6.45, 7) is 8.53. The van der Waals surface area contributed by atoms with E-state index in [2.05, 4.69) is 45.2 Å². The SMILES string of the molecule is COc1ccc(CN(C)Cc2csc(C)n2)cc1OCC(O)CN1CCN(C)CC1. The number of thiazole rings is 1. The molecule has 1 aliphatic heterocycles. The van der Waals surface area contributed by atoms with Gasteiger partial charge in [0, 0.05) is 51.2 Å². The lowest BCUT2D eigenvalue weighted by molar-refractivity contribution is 0.0497. The summed E-state index contributed by atoms with van der Waals surface area (Å²) < 4.78 is 11.4. The minimum atomic E-state index is -0.530. The van der Waals surface area contributed by atoms with Crippen molar-refractivity contribution >= 4 is 11.3 Å². The van der Waals surface area contributed by atoms with Gasteiger partial charge in [0.25, 0.3) is 0 Å². The highest BCUT2D eigenvalue weighted by atomic mass is 32.1. The van der Waals surface area contributed by atoms with E-state index in [4.69, 9.17) is 9.47 Å². The third-order valence-electron chi connectivity index (χ3n) is 5.28. The number of β-amino-alcohol motifs (C(OH)–C–C–N with tert-alkyl or cyclic N) is 1. The van der Waals surface area contributed by atoms with Gasteiger partial charge in [-0.15, -0.1) is 11.3 Å². The largest absolute Gasteiger partial charge is 0.493 e. The molecule has 30 heavy (non-hydrogen) atoms. The molecule has 1 aromatic heterocycles. The van der Waals surface area contributed by atoms with Gasteiger partial charge in [0.15, 0.2) is 11.5 Å². The van der Waals surface area contributed by atoms with Crippen LogP contribution in [0.4, 0.5) is 0 Å². The van der Waals surface area contributed by atoms with Gasteiger partial charge >= 0.3 is 0 Å². The summed E-state index contributed by atoms with van der Waals surface area (Å²) in [6.07, 6.45) is -0.530. The van der Waals surface area contributed by atoms with Crippen molar-refractivity contribution in [3.63, 3.8) is 0 Å². The first-order chi connectivity index (χ1) is 14.4. The Bertz CT molecular complexity index is 792. The Kier molecular flexibility index (Phi) is 8.47. The van der Waals surface area contributed by atoms with Crippen molar-refractivity contribution in [2.45, 2.75) is 26.1 Å².